The normalized spacial score (nSPS) is 16.4. The van der Waals surface area contributed by atoms with Gasteiger partial charge in [0.2, 0.25) is 0 Å². The maximum atomic E-state index is 12.4. The number of pyridine rings is 1. The third kappa shape index (κ3) is 3.99. The number of anilines is 1. The number of carbonyl (C=O) groups is 1. The van der Waals surface area contributed by atoms with Crippen molar-refractivity contribution in [3.05, 3.63) is 52.4 Å². The number of amides is 2. The van der Waals surface area contributed by atoms with Crippen molar-refractivity contribution in [1.29, 1.82) is 0 Å². The number of ether oxygens (including phenoxy) is 2. The molecule has 1 aliphatic rings. The number of benzene rings is 1. The van der Waals surface area contributed by atoms with Gasteiger partial charge in [-0.25, -0.2) is 4.79 Å². The Labute approximate surface area is 152 Å². The fourth-order valence-electron chi connectivity index (χ4n) is 2.91. The summed E-state index contributed by atoms with van der Waals surface area (Å²) in [5.74, 6) is 1.23. The molecule has 138 valence electrons. The summed E-state index contributed by atoms with van der Waals surface area (Å²) in [6.07, 6.45) is 0.595. The number of nitrogens with zero attached hydrogens (tertiary/aromatic N) is 2. The maximum Gasteiger partial charge on any atom is 0.321 e. The highest BCUT2D eigenvalue weighted by Gasteiger charge is 2.28. The molecular weight excluding hydrogens is 334 g/mol. The molecular formula is C19H23N3O4. The van der Waals surface area contributed by atoms with E-state index in [4.69, 9.17) is 9.47 Å². The number of likely N-dealkylation sites (tertiary alicyclic amines) is 1. The minimum atomic E-state index is -0.176. The molecule has 2 amide bonds. The summed E-state index contributed by atoms with van der Waals surface area (Å²) < 4.78 is 12.6. The van der Waals surface area contributed by atoms with Crippen LogP contribution in [0.1, 0.15) is 12.1 Å². The van der Waals surface area contributed by atoms with E-state index < -0.39 is 0 Å². The van der Waals surface area contributed by atoms with Crippen LogP contribution in [0.2, 0.25) is 0 Å². The first-order valence-electron chi connectivity index (χ1n) is 8.50. The van der Waals surface area contributed by atoms with Gasteiger partial charge < -0.3 is 24.3 Å². The molecule has 1 fully saturated rings. The highest BCUT2D eigenvalue weighted by Crippen LogP contribution is 2.20. The average molecular weight is 357 g/mol. The number of hydrogen-bond donors (Lipinski definition) is 1. The predicted molar refractivity (Wildman–Crippen MR) is 99.0 cm³/mol. The minimum absolute atomic E-state index is 0.106. The zero-order chi connectivity index (χ0) is 18.7. The SMILES string of the molecule is COc1cccc(NC(=O)N2CCC(Oc3cc(C)n(C)c(=O)c3)C2)c1. The minimum Gasteiger partial charge on any atom is -0.497 e. The number of aromatic nitrogens is 1. The highest BCUT2D eigenvalue weighted by molar-refractivity contribution is 5.89. The Balaban J connectivity index is 1.59. The van der Waals surface area contributed by atoms with Crippen molar-refractivity contribution in [2.45, 2.75) is 19.4 Å². The average Bonchev–Trinajstić information content (AvgIpc) is 3.08. The van der Waals surface area contributed by atoms with Crippen LogP contribution < -0.4 is 20.3 Å². The van der Waals surface area contributed by atoms with E-state index in [1.807, 2.05) is 31.2 Å². The molecule has 7 nitrogen and oxygen atoms in total. The second kappa shape index (κ2) is 7.51. The number of carbonyl (C=O) groups excluding carboxylic acids is 1. The van der Waals surface area contributed by atoms with E-state index in [1.54, 1.807) is 29.7 Å². The van der Waals surface area contributed by atoms with Crippen LogP contribution in [-0.4, -0.2) is 41.8 Å². The molecule has 1 atom stereocenters. The van der Waals surface area contributed by atoms with Crippen molar-refractivity contribution >= 4 is 11.7 Å². The summed E-state index contributed by atoms with van der Waals surface area (Å²) in [4.78, 5) is 26.0. The number of nitrogens with one attached hydrogen (secondary N) is 1. The van der Waals surface area contributed by atoms with Crippen LogP contribution in [0.25, 0.3) is 0 Å². The van der Waals surface area contributed by atoms with Gasteiger partial charge in [0.1, 0.15) is 17.6 Å². The predicted octanol–water partition coefficient (Wildman–Crippen LogP) is 2.39. The van der Waals surface area contributed by atoms with Crippen molar-refractivity contribution in [3.63, 3.8) is 0 Å². The second-order valence-electron chi connectivity index (χ2n) is 6.37. The molecule has 0 saturated carbocycles. The van der Waals surface area contributed by atoms with Gasteiger partial charge in [-0.2, -0.15) is 0 Å². The van der Waals surface area contributed by atoms with E-state index in [9.17, 15) is 9.59 Å². The van der Waals surface area contributed by atoms with Crippen LogP contribution >= 0.6 is 0 Å². The van der Waals surface area contributed by atoms with Gasteiger partial charge in [-0.3, -0.25) is 4.79 Å². The van der Waals surface area contributed by atoms with Gasteiger partial charge in [0, 0.05) is 43.5 Å². The lowest BCUT2D eigenvalue weighted by molar-refractivity contribution is 0.194. The van der Waals surface area contributed by atoms with Gasteiger partial charge in [-0.15, -0.1) is 0 Å². The topological polar surface area (TPSA) is 72.8 Å². The van der Waals surface area contributed by atoms with E-state index in [0.717, 1.165) is 12.1 Å². The monoisotopic (exact) mass is 357 g/mol. The van der Waals surface area contributed by atoms with Crippen LogP contribution in [-0.2, 0) is 7.05 Å². The third-order valence-corrected chi connectivity index (χ3v) is 4.53. The molecule has 2 heterocycles. The van der Waals surface area contributed by atoms with Gasteiger partial charge in [-0.05, 0) is 25.1 Å². The quantitative estimate of drug-likeness (QED) is 0.912. The Morgan fingerprint density at radius 2 is 2.04 bits per heavy atom. The summed E-state index contributed by atoms with van der Waals surface area (Å²) in [6, 6.07) is 10.4. The summed E-state index contributed by atoms with van der Waals surface area (Å²) in [5.41, 5.74) is 1.41. The van der Waals surface area contributed by atoms with Gasteiger partial charge >= 0.3 is 6.03 Å². The molecule has 7 heteroatoms. The highest BCUT2D eigenvalue weighted by atomic mass is 16.5. The fraction of sp³-hybridized carbons (Fsp3) is 0.368. The largest absolute Gasteiger partial charge is 0.497 e. The molecule has 1 N–H and O–H groups in total. The van der Waals surface area contributed by atoms with Crippen LogP contribution in [0.3, 0.4) is 0 Å². The Hall–Kier alpha value is -2.96. The van der Waals surface area contributed by atoms with E-state index in [-0.39, 0.29) is 17.7 Å². The lowest BCUT2D eigenvalue weighted by Crippen LogP contribution is -2.34. The molecule has 3 rings (SSSR count). The van der Waals surface area contributed by atoms with E-state index in [0.29, 0.717) is 30.3 Å². The molecule has 1 aromatic heterocycles. The number of aryl methyl sites for hydroxylation is 1. The van der Waals surface area contributed by atoms with Crippen LogP contribution in [0.4, 0.5) is 10.5 Å². The molecule has 0 radical (unpaired) electrons. The Morgan fingerprint density at radius 3 is 2.77 bits per heavy atom. The fourth-order valence-corrected chi connectivity index (χ4v) is 2.91. The van der Waals surface area contributed by atoms with Gasteiger partial charge in [-0.1, -0.05) is 6.07 Å². The standard InChI is InChI=1S/C19H23N3O4/c1-13-9-17(11-18(23)21(13)2)26-16-7-8-22(12-16)19(24)20-14-5-4-6-15(10-14)25-3/h4-6,9-11,16H,7-8,12H2,1-3H3,(H,20,24). The first-order chi connectivity index (χ1) is 12.5. The first kappa shape index (κ1) is 17.8. The zero-order valence-corrected chi connectivity index (χ0v) is 15.2. The molecule has 0 bridgehead atoms. The number of rotatable bonds is 4. The molecule has 1 aromatic carbocycles. The smallest absolute Gasteiger partial charge is 0.321 e. The van der Waals surface area contributed by atoms with Crippen molar-refractivity contribution in [2.24, 2.45) is 7.05 Å². The zero-order valence-electron chi connectivity index (χ0n) is 15.2. The molecule has 1 saturated heterocycles. The van der Waals surface area contributed by atoms with Crippen molar-refractivity contribution in [3.8, 4) is 11.5 Å². The molecule has 1 aliphatic heterocycles. The Bertz CT molecular complexity index is 862. The first-order valence-corrected chi connectivity index (χ1v) is 8.50. The Kier molecular flexibility index (Phi) is 5.16. The summed E-state index contributed by atoms with van der Waals surface area (Å²) in [6.45, 7) is 2.94. The number of hydrogen-bond acceptors (Lipinski definition) is 4. The van der Waals surface area contributed by atoms with Crippen LogP contribution in [0, 0.1) is 6.92 Å². The number of urea groups is 1. The van der Waals surface area contributed by atoms with Crippen molar-refractivity contribution in [2.75, 3.05) is 25.5 Å². The van der Waals surface area contributed by atoms with E-state index >= 15 is 0 Å². The molecule has 2 aromatic rings. The van der Waals surface area contributed by atoms with E-state index in [1.165, 1.54) is 6.07 Å². The lowest BCUT2D eigenvalue weighted by Gasteiger charge is -2.18. The third-order valence-electron chi connectivity index (χ3n) is 4.53. The lowest BCUT2D eigenvalue weighted by atomic mass is 10.3. The molecule has 0 aliphatic carbocycles. The van der Waals surface area contributed by atoms with Gasteiger partial charge in [0.15, 0.2) is 0 Å². The Morgan fingerprint density at radius 1 is 1.23 bits per heavy atom. The van der Waals surface area contributed by atoms with Gasteiger partial charge in [0.05, 0.1) is 13.7 Å². The van der Waals surface area contributed by atoms with E-state index in [2.05, 4.69) is 5.32 Å². The molecule has 26 heavy (non-hydrogen) atoms. The summed E-state index contributed by atoms with van der Waals surface area (Å²) in [7, 11) is 3.31. The molecule has 1 unspecified atom stereocenters. The molecule has 0 spiro atoms. The maximum absolute atomic E-state index is 12.4. The van der Waals surface area contributed by atoms with Crippen LogP contribution in [0.15, 0.2) is 41.2 Å². The second-order valence-corrected chi connectivity index (χ2v) is 6.37. The summed E-state index contributed by atoms with van der Waals surface area (Å²) in [5, 5.41) is 2.87. The summed E-state index contributed by atoms with van der Waals surface area (Å²) >= 11 is 0. The van der Waals surface area contributed by atoms with Crippen molar-refractivity contribution < 1.29 is 14.3 Å². The number of methoxy groups -OCH3 is 1. The van der Waals surface area contributed by atoms with Gasteiger partial charge in [0.25, 0.3) is 5.56 Å². The van der Waals surface area contributed by atoms with Crippen molar-refractivity contribution in [1.82, 2.24) is 9.47 Å². The van der Waals surface area contributed by atoms with Crippen LogP contribution in [0.5, 0.6) is 11.5 Å².